The Kier molecular flexibility index (Phi) is 3.99. The molecule has 0 aliphatic carbocycles. The second-order valence-corrected chi connectivity index (χ2v) is 6.43. The van der Waals surface area contributed by atoms with Crippen LogP contribution >= 0.6 is 11.5 Å². The lowest BCUT2D eigenvalue weighted by atomic mass is 9.96. The molecule has 5 heteroatoms. The summed E-state index contributed by atoms with van der Waals surface area (Å²) in [6, 6.07) is 0.692. The number of rotatable bonds is 4. The molecule has 1 aromatic heterocycles. The summed E-state index contributed by atoms with van der Waals surface area (Å²) in [5, 5.41) is 7.82. The average Bonchev–Trinajstić information content (AvgIpc) is 2.86. The van der Waals surface area contributed by atoms with Gasteiger partial charge in [0.15, 0.2) is 0 Å². The number of nitrogens with zero attached hydrogens (tertiary/aromatic N) is 2. The van der Waals surface area contributed by atoms with Crippen LogP contribution in [0.4, 0.5) is 5.13 Å². The molecular formula is C12H22N4S. The lowest BCUT2D eigenvalue weighted by molar-refractivity contribution is 0.554. The van der Waals surface area contributed by atoms with Crippen molar-refractivity contribution in [1.29, 1.82) is 0 Å². The normalized spacial score (nSPS) is 20.8. The summed E-state index contributed by atoms with van der Waals surface area (Å²) in [7, 11) is 0. The van der Waals surface area contributed by atoms with Gasteiger partial charge in [0.2, 0.25) is 5.13 Å². The van der Waals surface area contributed by atoms with Crippen LogP contribution in [0.25, 0.3) is 0 Å². The molecule has 4 nitrogen and oxygen atoms in total. The van der Waals surface area contributed by atoms with Gasteiger partial charge in [0.1, 0.15) is 5.82 Å². The van der Waals surface area contributed by atoms with E-state index < -0.39 is 0 Å². The van der Waals surface area contributed by atoms with Crippen molar-refractivity contribution < 1.29 is 0 Å². The molecule has 2 N–H and O–H groups in total. The van der Waals surface area contributed by atoms with Gasteiger partial charge in [-0.3, -0.25) is 0 Å². The third-order valence-corrected chi connectivity index (χ3v) is 3.70. The molecule has 1 aliphatic rings. The minimum absolute atomic E-state index is 0.0451. The number of anilines is 1. The fourth-order valence-electron chi connectivity index (χ4n) is 1.96. The van der Waals surface area contributed by atoms with Gasteiger partial charge < -0.3 is 10.6 Å². The van der Waals surface area contributed by atoms with Crippen molar-refractivity contribution in [1.82, 2.24) is 14.7 Å². The highest BCUT2D eigenvalue weighted by Gasteiger charge is 2.19. The maximum Gasteiger partial charge on any atom is 0.202 e. The fourth-order valence-corrected chi connectivity index (χ4v) is 2.74. The zero-order chi connectivity index (χ0) is 12.3. The van der Waals surface area contributed by atoms with Crippen LogP contribution in [0.15, 0.2) is 0 Å². The Labute approximate surface area is 107 Å². The summed E-state index contributed by atoms with van der Waals surface area (Å²) < 4.78 is 4.39. The summed E-state index contributed by atoms with van der Waals surface area (Å²) in [6.45, 7) is 8.58. The molecule has 2 heterocycles. The van der Waals surface area contributed by atoms with Crippen LogP contribution in [-0.4, -0.2) is 28.5 Å². The third kappa shape index (κ3) is 3.64. The minimum atomic E-state index is 0.0451. The lowest BCUT2D eigenvalue weighted by Gasteiger charge is -2.12. The summed E-state index contributed by atoms with van der Waals surface area (Å²) >= 11 is 1.47. The molecule has 1 saturated heterocycles. The van der Waals surface area contributed by atoms with Gasteiger partial charge in [-0.2, -0.15) is 4.37 Å². The topological polar surface area (TPSA) is 49.8 Å². The van der Waals surface area contributed by atoms with Crippen molar-refractivity contribution in [3.05, 3.63) is 5.82 Å². The van der Waals surface area contributed by atoms with Crippen LogP contribution in [0.2, 0.25) is 0 Å². The van der Waals surface area contributed by atoms with Crippen molar-refractivity contribution in [2.45, 2.75) is 51.5 Å². The van der Waals surface area contributed by atoms with E-state index in [2.05, 4.69) is 40.8 Å². The zero-order valence-corrected chi connectivity index (χ0v) is 11.7. The van der Waals surface area contributed by atoms with Crippen LogP contribution in [0, 0.1) is 0 Å². The Bertz CT molecular complexity index is 350. The van der Waals surface area contributed by atoms with Gasteiger partial charge in [-0.15, -0.1) is 0 Å². The van der Waals surface area contributed by atoms with Gasteiger partial charge in [-0.25, -0.2) is 4.98 Å². The first kappa shape index (κ1) is 12.8. The van der Waals surface area contributed by atoms with Gasteiger partial charge in [0.05, 0.1) is 0 Å². The van der Waals surface area contributed by atoms with Gasteiger partial charge in [-0.1, -0.05) is 20.8 Å². The minimum Gasteiger partial charge on any atom is -0.360 e. The van der Waals surface area contributed by atoms with Crippen molar-refractivity contribution >= 4 is 16.7 Å². The lowest BCUT2D eigenvalue weighted by Crippen LogP contribution is -2.24. The maximum absolute atomic E-state index is 4.52. The standard InChI is InChI=1S/C12H22N4S/c1-12(2,3)10-15-11(17-16-10)14-8-6-9-5-4-7-13-9/h9,13H,4-8H2,1-3H3,(H,14,15,16)/t9-/m1/s1. The van der Waals surface area contributed by atoms with E-state index in [1.807, 2.05) is 0 Å². The molecule has 2 rings (SSSR count). The highest BCUT2D eigenvalue weighted by molar-refractivity contribution is 7.09. The molecule has 1 aromatic rings. The Hall–Kier alpha value is -0.680. The van der Waals surface area contributed by atoms with E-state index in [0.717, 1.165) is 17.5 Å². The van der Waals surface area contributed by atoms with E-state index >= 15 is 0 Å². The van der Waals surface area contributed by atoms with Crippen LogP contribution < -0.4 is 10.6 Å². The molecule has 17 heavy (non-hydrogen) atoms. The summed E-state index contributed by atoms with van der Waals surface area (Å²) in [6.07, 6.45) is 3.80. The molecule has 0 amide bonds. The predicted octanol–water partition coefficient (Wildman–Crippen LogP) is 2.39. The Morgan fingerprint density at radius 1 is 1.47 bits per heavy atom. The molecule has 96 valence electrons. The molecule has 1 atom stereocenters. The monoisotopic (exact) mass is 254 g/mol. The fraction of sp³-hybridized carbons (Fsp3) is 0.833. The summed E-state index contributed by atoms with van der Waals surface area (Å²) in [4.78, 5) is 4.52. The highest BCUT2D eigenvalue weighted by atomic mass is 32.1. The van der Waals surface area contributed by atoms with Crippen LogP contribution in [-0.2, 0) is 5.41 Å². The Morgan fingerprint density at radius 2 is 2.29 bits per heavy atom. The third-order valence-electron chi connectivity index (χ3n) is 3.03. The van der Waals surface area contributed by atoms with Gasteiger partial charge in [0.25, 0.3) is 0 Å². The Balaban J connectivity index is 1.77. The quantitative estimate of drug-likeness (QED) is 0.866. The van der Waals surface area contributed by atoms with Gasteiger partial charge >= 0.3 is 0 Å². The summed E-state index contributed by atoms with van der Waals surface area (Å²) in [5.74, 6) is 0.934. The first-order valence-corrected chi connectivity index (χ1v) is 7.14. The summed E-state index contributed by atoms with van der Waals surface area (Å²) in [5.41, 5.74) is 0.0451. The van der Waals surface area contributed by atoms with Crippen LogP contribution in [0.1, 0.15) is 45.9 Å². The molecule has 1 fully saturated rings. The van der Waals surface area contributed by atoms with E-state index in [9.17, 15) is 0 Å². The van der Waals surface area contributed by atoms with Crippen molar-refractivity contribution in [3.8, 4) is 0 Å². The van der Waals surface area contributed by atoms with Gasteiger partial charge in [0, 0.05) is 29.5 Å². The van der Waals surface area contributed by atoms with Crippen LogP contribution in [0.5, 0.6) is 0 Å². The van der Waals surface area contributed by atoms with E-state index in [-0.39, 0.29) is 5.41 Å². The number of nitrogens with one attached hydrogen (secondary N) is 2. The molecule has 0 radical (unpaired) electrons. The Morgan fingerprint density at radius 3 is 2.88 bits per heavy atom. The van der Waals surface area contributed by atoms with E-state index in [4.69, 9.17) is 0 Å². The molecule has 1 aliphatic heterocycles. The molecule has 0 bridgehead atoms. The van der Waals surface area contributed by atoms with Crippen molar-refractivity contribution in [2.24, 2.45) is 0 Å². The molecule has 0 aromatic carbocycles. The van der Waals surface area contributed by atoms with Crippen LogP contribution in [0.3, 0.4) is 0 Å². The first-order valence-electron chi connectivity index (χ1n) is 6.37. The molecule has 0 unspecified atom stereocenters. The smallest absolute Gasteiger partial charge is 0.202 e. The van der Waals surface area contributed by atoms with E-state index in [1.54, 1.807) is 0 Å². The number of aromatic nitrogens is 2. The van der Waals surface area contributed by atoms with Gasteiger partial charge in [-0.05, 0) is 25.8 Å². The average molecular weight is 254 g/mol. The highest BCUT2D eigenvalue weighted by Crippen LogP contribution is 2.22. The predicted molar refractivity (Wildman–Crippen MR) is 72.7 cm³/mol. The number of hydrogen-bond acceptors (Lipinski definition) is 5. The zero-order valence-electron chi connectivity index (χ0n) is 10.9. The molecule has 0 saturated carbocycles. The first-order chi connectivity index (χ1) is 8.05. The van der Waals surface area contributed by atoms with E-state index in [0.29, 0.717) is 6.04 Å². The van der Waals surface area contributed by atoms with Crippen molar-refractivity contribution in [2.75, 3.05) is 18.4 Å². The molecule has 0 spiro atoms. The largest absolute Gasteiger partial charge is 0.360 e. The maximum atomic E-state index is 4.52. The number of hydrogen-bond donors (Lipinski definition) is 2. The molecular weight excluding hydrogens is 232 g/mol. The second kappa shape index (κ2) is 5.31. The van der Waals surface area contributed by atoms with E-state index in [1.165, 1.54) is 37.3 Å². The second-order valence-electron chi connectivity index (χ2n) is 5.68. The van der Waals surface area contributed by atoms with Crippen molar-refractivity contribution in [3.63, 3.8) is 0 Å². The SMILES string of the molecule is CC(C)(C)c1nsc(NCC[C@H]2CCCN2)n1.